The van der Waals surface area contributed by atoms with Crippen molar-refractivity contribution in [3.8, 4) is 0 Å². The smallest absolute Gasteiger partial charge is 0.316 e. The zero-order valence-electron chi connectivity index (χ0n) is 20.6. The molecule has 5 nitrogen and oxygen atoms in total. The number of carbonyl (C=O) groups excluding carboxylic acids is 2. The van der Waals surface area contributed by atoms with Gasteiger partial charge in [-0.15, -0.1) is 0 Å². The third-order valence-corrected chi connectivity index (χ3v) is 14.3. The van der Waals surface area contributed by atoms with Crippen molar-refractivity contribution in [2.45, 2.75) is 90.6 Å². The van der Waals surface area contributed by atoms with E-state index in [0.717, 1.165) is 5.75 Å². The number of nitrogens with one attached hydrogen (secondary N) is 2. The van der Waals surface area contributed by atoms with Crippen molar-refractivity contribution in [1.29, 1.82) is 0 Å². The first kappa shape index (κ1) is 29.5. The number of rotatable bonds is 12. The van der Waals surface area contributed by atoms with E-state index in [0.29, 0.717) is 5.75 Å². The highest BCUT2D eigenvalue weighted by molar-refractivity contribution is 8.29. The molecule has 0 spiro atoms. The quantitative estimate of drug-likeness (QED) is 0.367. The van der Waals surface area contributed by atoms with Gasteiger partial charge >= 0.3 is 5.97 Å². The second-order valence-electron chi connectivity index (χ2n) is 11.4. The summed E-state index contributed by atoms with van der Waals surface area (Å²) < 4.78 is 5.74. The summed E-state index contributed by atoms with van der Waals surface area (Å²) in [6, 6.07) is -0.869. The molecule has 0 fully saturated rings. The number of hydrogen-bond acceptors (Lipinski definition) is 6. The average Bonchev–Trinajstić information content (AvgIpc) is 2.42. The predicted molar refractivity (Wildman–Crippen MR) is 143 cm³/mol. The summed E-state index contributed by atoms with van der Waals surface area (Å²) in [6.07, 6.45) is 0. The van der Waals surface area contributed by atoms with Crippen molar-refractivity contribution in [2.75, 3.05) is 11.5 Å². The molecular formula is C18H44N2O3S2Si4. The van der Waals surface area contributed by atoms with E-state index < -0.39 is 37.0 Å². The maximum atomic E-state index is 13.2. The number of carbonyl (C=O) groups is 2. The van der Waals surface area contributed by atoms with E-state index in [1.165, 1.54) is 0 Å². The van der Waals surface area contributed by atoms with Crippen LogP contribution in [0.5, 0.6) is 0 Å². The zero-order valence-corrected chi connectivity index (χ0v) is 26.2. The van der Waals surface area contributed by atoms with Gasteiger partial charge < -0.3 is 14.7 Å². The second kappa shape index (κ2) is 11.4. The van der Waals surface area contributed by atoms with Crippen LogP contribution in [0.3, 0.4) is 0 Å². The summed E-state index contributed by atoms with van der Waals surface area (Å²) in [5, 5.41) is 3.04. The minimum Gasteiger partial charge on any atom is -0.518 e. The molecule has 0 aliphatic rings. The van der Waals surface area contributed by atoms with Crippen molar-refractivity contribution < 1.29 is 14.0 Å². The minimum absolute atomic E-state index is 0.0770. The fraction of sp³-hybridized carbons (Fsp3) is 0.889. The summed E-state index contributed by atoms with van der Waals surface area (Å²) in [4.78, 5) is 29.6. The first-order valence-electron chi connectivity index (χ1n) is 10.3. The summed E-state index contributed by atoms with van der Waals surface area (Å²) in [6.45, 7) is 26.2. The lowest BCUT2D eigenvalue weighted by Gasteiger charge is -2.30. The van der Waals surface area contributed by atoms with Gasteiger partial charge in [0.2, 0.25) is 14.2 Å². The Balaban J connectivity index is 5.41. The molecule has 0 radical (unpaired) electrons. The van der Waals surface area contributed by atoms with E-state index in [-0.39, 0.29) is 17.9 Å². The molecule has 1 amide bonds. The van der Waals surface area contributed by atoms with Crippen LogP contribution in [0.1, 0.15) is 0 Å². The third kappa shape index (κ3) is 16.8. The van der Waals surface area contributed by atoms with E-state index in [4.69, 9.17) is 4.43 Å². The van der Waals surface area contributed by atoms with Gasteiger partial charge in [-0.25, -0.2) is 0 Å². The van der Waals surface area contributed by atoms with Gasteiger partial charge in [0.1, 0.15) is 28.7 Å². The molecule has 0 bridgehead atoms. The van der Waals surface area contributed by atoms with Crippen molar-refractivity contribution >= 4 is 65.3 Å². The molecule has 2 atom stereocenters. The summed E-state index contributed by atoms with van der Waals surface area (Å²) >= 11 is 3.71. The van der Waals surface area contributed by atoms with Crippen LogP contribution in [0.2, 0.25) is 78.6 Å². The van der Waals surface area contributed by atoms with Crippen LogP contribution in [0.15, 0.2) is 0 Å². The van der Waals surface area contributed by atoms with E-state index in [9.17, 15) is 9.59 Å². The Morgan fingerprint density at radius 1 is 0.759 bits per heavy atom. The molecule has 11 heteroatoms. The molecule has 0 aromatic rings. The lowest BCUT2D eigenvalue weighted by Crippen LogP contribution is -2.59. The molecule has 0 aromatic heterocycles. The molecule has 0 saturated heterocycles. The number of hydrogen-bond donors (Lipinski definition) is 2. The van der Waals surface area contributed by atoms with Crippen LogP contribution in [0.25, 0.3) is 0 Å². The highest BCUT2D eigenvalue weighted by atomic mass is 32.4. The van der Waals surface area contributed by atoms with Crippen molar-refractivity contribution in [3.05, 3.63) is 0 Å². The summed E-state index contributed by atoms with van der Waals surface area (Å²) in [7, 11) is -6.45. The lowest BCUT2D eigenvalue weighted by molar-refractivity contribution is -0.139. The second-order valence-corrected chi connectivity index (χ2v) is 39.4. The maximum Gasteiger partial charge on any atom is 0.316 e. The first-order chi connectivity index (χ1) is 12.7. The molecule has 0 rings (SSSR count). The van der Waals surface area contributed by atoms with Gasteiger partial charge in [0.05, 0.1) is 6.04 Å². The van der Waals surface area contributed by atoms with Crippen molar-refractivity contribution in [1.82, 2.24) is 10.3 Å². The lowest BCUT2D eigenvalue weighted by atomic mass is 10.3. The molecule has 172 valence electrons. The van der Waals surface area contributed by atoms with E-state index >= 15 is 0 Å². The molecule has 0 heterocycles. The highest BCUT2D eigenvalue weighted by Gasteiger charge is 2.33. The van der Waals surface area contributed by atoms with E-state index in [1.54, 1.807) is 0 Å². The Bertz CT molecular complexity index is 553. The SMILES string of the molecule is C[Si](C)(C)NC(CS[Si](C)(C)C)C(=O)NC(CS[Si](C)(C)C)C(=O)O[Si](C)(C)C. The molecule has 0 aliphatic carbocycles. The molecule has 0 aliphatic heterocycles. The Morgan fingerprint density at radius 3 is 1.52 bits per heavy atom. The zero-order chi connectivity index (χ0) is 23.3. The Labute approximate surface area is 191 Å². The standard InChI is InChI=1S/C18H44N2O3S2Si4/c1-26(2,3)20-15(13-24-28(7,8)9)17(21)19-16(14-25-29(10,11)12)18(22)23-27(4,5)6/h15-16,20H,13-14H2,1-12H3,(H,19,21). The van der Waals surface area contributed by atoms with E-state index in [1.807, 2.05) is 42.1 Å². The van der Waals surface area contributed by atoms with Gasteiger partial charge in [0, 0.05) is 11.5 Å². The Morgan fingerprint density at radius 2 is 1.17 bits per heavy atom. The van der Waals surface area contributed by atoms with Gasteiger partial charge in [-0.3, -0.25) is 9.59 Å². The topological polar surface area (TPSA) is 67.4 Å². The molecule has 0 saturated carbocycles. The van der Waals surface area contributed by atoms with Crippen LogP contribution in [-0.4, -0.2) is 66.5 Å². The fourth-order valence-electron chi connectivity index (χ4n) is 2.19. The fourth-order valence-corrected chi connectivity index (χ4v) is 10.1. The van der Waals surface area contributed by atoms with Crippen LogP contribution >= 0.6 is 22.4 Å². The van der Waals surface area contributed by atoms with Crippen LogP contribution in [0.4, 0.5) is 0 Å². The predicted octanol–water partition coefficient (Wildman–Crippen LogP) is 4.78. The van der Waals surface area contributed by atoms with Crippen molar-refractivity contribution in [3.63, 3.8) is 0 Å². The Kier molecular flexibility index (Phi) is 11.6. The first-order valence-corrected chi connectivity index (χ1v) is 27.6. The molecule has 2 N–H and O–H groups in total. The molecular weight excluding hydrogens is 469 g/mol. The number of amides is 1. The van der Waals surface area contributed by atoms with Gasteiger partial charge in [-0.2, -0.15) is 22.4 Å². The normalized spacial score (nSPS) is 15.6. The summed E-state index contributed by atoms with van der Waals surface area (Å²) in [5.74, 6) is 0.953. The average molecular weight is 513 g/mol. The third-order valence-electron chi connectivity index (χ3n) is 3.30. The summed E-state index contributed by atoms with van der Waals surface area (Å²) in [5.41, 5.74) is 0. The monoisotopic (exact) mass is 512 g/mol. The van der Waals surface area contributed by atoms with Crippen molar-refractivity contribution in [2.24, 2.45) is 0 Å². The largest absolute Gasteiger partial charge is 0.518 e. The van der Waals surface area contributed by atoms with Crippen LogP contribution in [0, 0.1) is 0 Å². The van der Waals surface area contributed by atoms with E-state index in [2.05, 4.69) is 69.2 Å². The van der Waals surface area contributed by atoms with Crippen LogP contribution in [-0.2, 0) is 14.0 Å². The van der Waals surface area contributed by atoms with Gasteiger partial charge in [0.15, 0.2) is 0 Å². The Hall–Kier alpha value is 0.468. The van der Waals surface area contributed by atoms with Gasteiger partial charge in [-0.05, 0) is 19.6 Å². The highest BCUT2D eigenvalue weighted by Crippen LogP contribution is 2.22. The maximum absolute atomic E-state index is 13.2. The molecule has 0 aromatic carbocycles. The van der Waals surface area contributed by atoms with Gasteiger partial charge in [0.25, 0.3) is 0 Å². The minimum atomic E-state index is -2.02. The van der Waals surface area contributed by atoms with Gasteiger partial charge in [-0.1, -0.05) is 58.9 Å². The molecule has 29 heavy (non-hydrogen) atoms. The molecule has 2 unspecified atom stereocenters. The van der Waals surface area contributed by atoms with Crippen LogP contribution < -0.4 is 10.3 Å².